The average Bonchev–Trinajstić information content (AvgIpc) is 2.97. The van der Waals surface area contributed by atoms with Crippen molar-refractivity contribution >= 4 is 39.9 Å². The SMILES string of the molecule is Cc1cc2c(cc1C)OCOc1c(c(SOOO)cc3cc(NCOc4ccccc4)ccc13)N=N2. The third kappa shape index (κ3) is 5.21. The maximum absolute atomic E-state index is 8.74. The highest BCUT2D eigenvalue weighted by Crippen LogP contribution is 2.46. The Balaban J connectivity index is 1.49. The molecule has 0 bridgehead atoms. The summed E-state index contributed by atoms with van der Waals surface area (Å²) in [5.74, 6) is 1.81. The van der Waals surface area contributed by atoms with Crippen LogP contribution in [0.15, 0.2) is 81.9 Å². The first-order valence-electron chi connectivity index (χ1n) is 11.1. The summed E-state index contributed by atoms with van der Waals surface area (Å²) in [6, 6.07) is 21.0. The molecule has 0 saturated heterocycles. The number of anilines is 1. The lowest BCUT2D eigenvalue weighted by molar-refractivity contribution is -0.432. The first-order valence-corrected chi connectivity index (χ1v) is 11.8. The van der Waals surface area contributed by atoms with Gasteiger partial charge in [-0.25, -0.2) is 5.26 Å². The van der Waals surface area contributed by atoms with Crippen molar-refractivity contribution in [2.24, 2.45) is 10.2 Å². The molecule has 2 N–H and O–H groups in total. The van der Waals surface area contributed by atoms with Gasteiger partial charge in [-0.15, -0.1) is 14.6 Å². The molecule has 36 heavy (non-hydrogen) atoms. The third-order valence-electron chi connectivity index (χ3n) is 5.69. The lowest BCUT2D eigenvalue weighted by atomic mass is 10.1. The molecule has 0 unspecified atom stereocenters. The van der Waals surface area contributed by atoms with Crippen molar-refractivity contribution in [1.82, 2.24) is 0 Å². The van der Waals surface area contributed by atoms with Crippen molar-refractivity contribution < 1.29 is 28.8 Å². The van der Waals surface area contributed by atoms with E-state index in [0.717, 1.165) is 45.4 Å². The van der Waals surface area contributed by atoms with Gasteiger partial charge in [0.05, 0.1) is 16.9 Å². The van der Waals surface area contributed by atoms with E-state index in [2.05, 4.69) is 20.6 Å². The van der Waals surface area contributed by atoms with Crippen LogP contribution in [0.3, 0.4) is 0 Å². The molecular formula is C26H23N3O6S. The first kappa shape index (κ1) is 23.9. The number of nitrogens with zero attached hydrogens (tertiary/aromatic N) is 2. The normalized spacial score (nSPS) is 12.4. The fraction of sp³-hybridized carbons (Fsp3) is 0.154. The Hall–Kier alpha value is -3.83. The van der Waals surface area contributed by atoms with Gasteiger partial charge < -0.3 is 19.5 Å². The van der Waals surface area contributed by atoms with Gasteiger partial charge in [0, 0.05) is 11.1 Å². The Bertz CT molecular complexity index is 1410. The predicted molar refractivity (Wildman–Crippen MR) is 136 cm³/mol. The van der Waals surface area contributed by atoms with E-state index in [1.165, 1.54) is 0 Å². The molecule has 4 aromatic carbocycles. The maximum atomic E-state index is 8.74. The lowest BCUT2D eigenvalue weighted by Crippen LogP contribution is -2.09. The van der Waals surface area contributed by atoms with Crippen LogP contribution in [-0.2, 0) is 9.37 Å². The Morgan fingerprint density at radius 2 is 1.81 bits per heavy atom. The highest BCUT2D eigenvalue weighted by Gasteiger charge is 2.20. The molecule has 1 aliphatic heterocycles. The minimum absolute atomic E-state index is 0.0426. The van der Waals surface area contributed by atoms with Crippen molar-refractivity contribution in [3.63, 3.8) is 0 Å². The van der Waals surface area contributed by atoms with Crippen LogP contribution in [0.5, 0.6) is 17.2 Å². The van der Waals surface area contributed by atoms with Gasteiger partial charge in [0.15, 0.2) is 18.2 Å². The van der Waals surface area contributed by atoms with Crippen LogP contribution in [-0.4, -0.2) is 18.8 Å². The second-order valence-electron chi connectivity index (χ2n) is 8.00. The van der Waals surface area contributed by atoms with Crippen molar-refractivity contribution in [2.45, 2.75) is 18.7 Å². The topological polar surface area (TPSA) is 103 Å². The van der Waals surface area contributed by atoms with E-state index in [-0.39, 0.29) is 6.79 Å². The van der Waals surface area contributed by atoms with Gasteiger partial charge in [-0.2, -0.15) is 0 Å². The van der Waals surface area contributed by atoms with Gasteiger partial charge >= 0.3 is 0 Å². The molecule has 9 nitrogen and oxygen atoms in total. The van der Waals surface area contributed by atoms with Crippen LogP contribution in [0.25, 0.3) is 10.8 Å². The molecule has 10 heteroatoms. The number of hydrogen-bond donors (Lipinski definition) is 2. The molecule has 0 aromatic heterocycles. The van der Waals surface area contributed by atoms with Gasteiger partial charge in [0.1, 0.15) is 17.1 Å². The molecule has 5 rings (SSSR count). The third-order valence-corrected chi connectivity index (χ3v) is 6.31. The van der Waals surface area contributed by atoms with Crippen molar-refractivity contribution in [1.29, 1.82) is 0 Å². The summed E-state index contributed by atoms with van der Waals surface area (Å²) >= 11 is 0.789. The number of azo groups is 1. The fourth-order valence-electron chi connectivity index (χ4n) is 3.75. The summed E-state index contributed by atoms with van der Waals surface area (Å²) in [6.07, 6.45) is 0. The smallest absolute Gasteiger partial charge is 0.231 e. The largest absolute Gasteiger partial charge is 0.473 e. The molecule has 0 spiro atoms. The number of para-hydroxylation sites is 1. The Morgan fingerprint density at radius 1 is 0.972 bits per heavy atom. The van der Waals surface area contributed by atoms with Gasteiger partial charge in [-0.3, -0.25) is 0 Å². The van der Waals surface area contributed by atoms with Crippen molar-refractivity contribution in [3.8, 4) is 17.2 Å². The highest BCUT2D eigenvalue weighted by atomic mass is 32.2. The molecule has 184 valence electrons. The fourth-order valence-corrected chi connectivity index (χ4v) is 4.24. The van der Waals surface area contributed by atoms with Crippen LogP contribution >= 0.6 is 12.0 Å². The van der Waals surface area contributed by atoms with Gasteiger partial charge in [-0.05, 0) is 78.9 Å². The molecule has 1 aliphatic rings. The number of rotatable bonds is 7. The van der Waals surface area contributed by atoms with Crippen LogP contribution < -0.4 is 19.5 Å². The van der Waals surface area contributed by atoms with Crippen molar-refractivity contribution in [2.75, 3.05) is 18.8 Å². The summed E-state index contributed by atoms with van der Waals surface area (Å²) in [4.78, 5) is 0.528. The Kier molecular flexibility index (Phi) is 7.19. The number of hydrogen-bond acceptors (Lipinski definition) is 10. The summed E-state index contributed by atoms with van der Waals surface area (Å²) in [6.45, 7) is 4.25. The number of ether oxygens (including phenoxy) is 3. The van der Waals surface area contributed by atoms with E-state index in [9.17, 15) is 0 Å². The average molecular weight is 506 g/mol. The molecule has 1 heterocycles. The molecule has 0 fully saturated rings. The van der Waals surface area contributed by atoms with Crippen molar-refractivity contribution in [3.05, 3.63) is 77.9 Å². The minimum atomic E-state index is -0.0426. The highest BCUT2D eigenvalue weighted by molar-refractivity contribution is 7.94. The molecule has 4 aromatic rings. The molecule has 0 radical (unpaired) electrons. The van der Waals surface area contributed by atoms with E-state index in [0.29, 0.717) is 34.5 Å². The zero-order valence-electron chi connectivity index (χ0n) is 19.6. The van der Waals surface area contributed by atoms with Gasteiger partial charge in [0.2, 0.25) is 6.79 Å². The second kappa shape index (κ2) is 10.8. The number of nitrogens with one attached hydrogen (secondary N) is 1. The summed E-state index contributed by atoms with van der Waals surface area (Å²) in [5, 5.41) is 26.4. The zero-order valence-corrected chi connectivity index (χ0v) is 20.4. The number of aryl methyl sites for hydroxylation is 2. The van der Waals surface area contributed by atoms with E-state index >= 15 is 0 Å². The van der Waals surface area contributed by atoms with E-state index in [1.807, 2.05) is 80.6 Å². The molecule has 0 saturated carbocycles. The predicted octanol–water partition coefficient (Wildman–Crippen LogP) is 7.48. The zero-order chi connectivity index (χ0) is 24.9. The standard InChI is InChI=1S/C26H23N3O6S/c1-16-10-22-23(11-17(16)2)32-15-33-26-21-9-8-19(27-14-31-20-6-4-3-5-7-20)12-18(21)13-24(36-35-34-30)25(26)29-28-22/h3-13,27,30H,14-15H2,1-2H3. The Labute approximate surface area is 211 Å². The first-order chi connectivity index (χ1) is 17.6. The van der Waals surface area contributed by atoms with E-state index < -0.39 is 0 Å². The van der Waals surface area contributed by atoms with Crippen LogP contribution in [0.4, 0.5) is 17.1 Å². The Morgan fingerprint density at radius 3 is 2.64 bits per heavy atom. The molecule has 0 amide bonds. The molecule has 0 atom stereocenters. The lowest BCUT2D eigenvalue weighted by Gasteiger charge is -2.15. The monoisotopic (exact) mass is 505 g/mol. The van der Waals surface area contributed by atoms with E-state index in [1.54, 1.807) is 0 Å². The maximum Gasteiger partial charge on any atom is 0.231 e. The van der Waals surface area contributed by atoms with Crippen LogP contribution in [0, 0.1) is 13.8 Å². The minimum Gasteiger partial charge on any atom is -0.473 e. The second-order valence-corrected chi connectivity index (χ2v) is 8.75. The molecular weight excluding hydrogens is 482 g/mol. The summed E-state index contributed by atoms with van der Waals surface area (Å²) in [7, 11) is 0. The van der Waals surface area contributed by atoms with E-state index in [4.69, 9.17) is 23.8 Å². The molecule has 0 aliphatic carbocycles. The van der Waals surface area contributed by atoms with Crippen LogP contribution in [0.1, 0.15) is 11.1 Å². The number of fused-ring (bicyclic) bond motifs is 4. The summed E-state index contributed by atoms with van der Waals surface area (Å²) < 4.78 is 22.4. The van der Waals surface area contributed by atoms with Crippen LogP contribution in [0.2, 0.25) is 0 Å². The quantitative estimate of drug-likeness (QED) is 0.115. The van der Waals surface area contributed by atoms with Gasteiger partial charge in [0.25, 0.3) is 0 Å². The van der Waals surface area contributed by atoms with Gasteiger partial charge in [-0.1, -0.05) is 23.2 Å². The number of benzene rings is 4. The summed E-state index contributed by atoms with van der Waals surface area (Å²) in [5.41, 5.74) is 3.99.